The van der Waals surface area contributed by atoms with Crippen LogP contribution in [0.3, 0.4) is 0 Å². The summed E-state index contributed by atoms with van der Waals surface area (Å²) >= 11 is 3.48. The second kappa shape index (κ2) is 11.0. The van der Waals surface area contributed by atoms with Crippen LogP contribution in [-0.2, 0) is 20.8 Å². The number of aliphatic hydroxyl groups excluding tert-OH is 1. The van der Waals surface area contributed by atoms with Crippen LogP contribution in [0.5, 0.6) is 0 Å². The number of allylic oxidation sites excluding steroid dienone is 1. The molecule has 3 aromatic rings. The number of carbonyl (C=O) groups excluding carboxylic acids is 1. The van der Waals surface area contributed by atoms with Crippen LogP contribution in [0.4, 0.5) is 0 Å². The Bertz CT molecular complexity index is 1080. The Morgan fingerprint density at radius 3 is 2.76 bits per heavy atom. The number of H-pyrrole nitrogens is 1. The molecule has 1 aliphatic heterocycles. The van der Waals surface area contributed by atoms with Crippen LogP contribution in [0.25, 0.3) is 11.0 Å². The lowest BCUT2D eigenvalue weighted by molar-refractivity contribution is -0.166. The van der Waals surface area contributed by atoms with Gasteiger partial charge < -0.3 is 24.9 Å². The fraction of sp³-hybridized carbons (Fsp3) is 0.360. The Morgan fingerprint density at radius 2 is 2.03 bits per heavy atom. The van der Waals surface area contributed by atoms with E-state index in [1.54, 1.807) is 0 Å². The minimum Gasteiger partial charge on any atom is -0.459 e. The number of halogens is 1. The average molecular weight is 514 g/mol. The Labute approximate surface area is 201 Å². The van der Waals surface area contributed by atoms with Gasteiger partial charge in [0.15, 0.2) is 5.76 Å². The van der Waals surface area contributed by atoms with E-state index in [1.807, 2.05) is 61.5 Å². The molecule has 1 aliphatic rings. The minimum absolute atomic E-state index is 0.0230. The number of hydrogen-bond donors (Lipinski definition) is 3. The molecule has 0 radical (unpaired) electrons. The summed E-state index contributed by atoms with van der Waals surface area (Å²) in [5.41, 5.74) is 2.85. The molecule has 3 N–H and O–H groups in total. The fourth-order valence-electron chi connectivity index (χ4n) is 4.17. The second-order valence-electron chi connectivity index (χ2n) is 7.96. The number of imidazole rings is 1. The molecule has 1 amide bonds. The highest BCUT2D eigenvalue weighted by molar-refractivity contribution is 9.10. The third-order valence-electron chi connectivity index (χ3n) is 5.74. The topological polar surface area (TPSA) is 96.5 Å². The summed E-state index contributed by atoms with van der Waals surface area (Å²) in [4.78, 5) is 20.8. The molecule has 0 saturated heterocycles. The Balaban J connectivity index is 1.56. The molecule has 2 heterocycles. The number of aromatic nitrogens is 2. The number of ether oxygens (including phenoxy) is 2. The molecule has 0 spiro atoms. The molecule has 2 aromatic carbocycles. The molecular formula is C25H28BrN3O4. The summed E-state index contributed by atoms with van der Waals surface area (Å²) in [5, 5.41) is 12.3. The summed E-state index contributed by atoms with van der Waals surface area (Å²) in [6.07, 6.45) is 2.64. The van der Waals surface area contributed by atoms with Gasteiger partial charge in [-0.15, -0.1) is 0 Å². The van der Waals surface area contributed by atoms with Crippen molar-refractivity contribution in [1.29, 1.82) is 0 Å². The van der Waals surface area contributed by atoms with Gasteiger partial charge in [-0.1, -0.05) is 40.2 Å². The number of benzene rings is 2. The van der Waals surface area contributed by atoms with Gasteiger partial charge in [0, 0.05) is 29.5 Å². The van der Waals surface area contributed by atoms with E-state index in [9.17, 15) is 9.90 Å². The summed E-state index contributed by atoms with van der Waals surface area (Å²) in [6.45, 7) is 2.71. The van der Waals surface area contributed by atoms with Crippen molar-refractivity contribution >= 4 is 32.9 Å². The highest BCUT2D eigenvalue weighted by Gasteiger charge is 2.37. The van der Waals surface area contributed by atoms with Crippen LogP contribution < -0.4 is 5.32 Å². The molecule has 0 aliphatic carbocycles. The van der Waals surface area contributed by atoms with Crippen molar-refractivity contribution in [3.8, 4) is 0 Å². The van der Waals surface area contributed by atoms with Crippen LogP contribution in [0.15, 0.2) is 64.8 Å². The zero-order valence-electron chi connectivity index (χ0n) is 18.5. The minimum atomic E-state index is -0.577. The molecule has 8 heteroatoms. The number of amides is 1. The van der Waals surface area contributed by atoms with Crippen LogP contribution in [0.1, 0.15) is 37.1 Å². The number of hydrogen-bond acceptors (Lipinski definition) is 5. The molecule has 1 aromatic heterocycles. The lowest BCUT2D eigenvalue weighted by Crippen LogP contribution is -2.39. The van der Waals surface area contributed by atoms with E-state index < -0.39 is 6.29 Å². The van der Waals surface area contributed by atoms with Gasteiger partial charge in [0.05, 0.1) is 17.6 Å². The molecule has 33 heavy (non-hydrogen) atoms. The van der Waals surface area contributed by atoms with E-state index in [0.29, 0.717) is 25.3 Å². The Morgan fingerprint density at radius 1 is 1.24 bits per heavy atom. The van der Waals surface area contributed by atoms with Gasteiger partial charge in [-0.2, -0.15) is 0 Å². The molecule has 0 bridgehead atoms. The predicted molar refractivity (Wildman–Crippen MR) is 129 cm³/mol. The van der Waals surface area contributed by atoms with Crippen molar-refractivity contribution in [3.63, 3.8) is 0 Å². The van der Waals surface area contributed by atoms with Crippen LogP contribution in [0, 0.1) is 5.92 Å². The van der Waals surface area contributed by atoms with Gasteiger partial charge in [0.2, 0.25) is 6.29 Å². The van der Waals surface area contributed by atoms with Crippen LogP contribution in [0.2, 0.25) is 0 Å². The number of nitrogens with one attached hydrogen (secondary N) is 2. The molecule has 7 nitrogen and oxygen atoms in total. The number of carbonyl (C=O) groups is 1. The average Bonchev–Trinajstić information content (AvgIpc) is 3.25. The van der Waals surface area contributed by atoms with Crippen molar-refractivity contribution in [2.45, 2.75) is 38.5 Å². The van der Waals surface area contributed by atoms with Gasteiger partial charge in [-0.3, -0.25) is 4.79 Å². The van der Waals surface area contributed by atoms with E-state index in [2.05, 4.69) is 31.2 Å². The maximum Gasteiger partial charge on any atom is 0.286 e. The Hall–Kier alpha value is -2.68. The monoisotopic (exact) mass is 513 g/mol. The number of aromatic amines is 1. The number of rotatable bonds is 9. The molecule has 0 unspecified atom stereocenters. The molecule has 0 saturated carbocycles. The highest BCUT2D eigenvalue weighted by Crippen LogP contribution is 2.39. The van der Waals surface area contributed by atoms with Gasteiger partial charge in [-0.25, -0.2) is 4.98 Å². The van der Waals surface area contributed by atoms with E-state index in [1.165, 1.54) is 0 Å². The van der Waals surface area contributed by atoms with Crippen molar-refractivity contribution in [2.24, 2.45) is 5.92 Å². The van der Waals surface area contributed by atoms with Gasteiger partial charge in [0.1, 0.15) is 5.82 Å². The Kier molecular flexibility index (Phi) is 7.80. The van der Waals surface area contributed by atoms with Gasteiger partial charge in [0.25, 0.3) is 5.91 Å². The SMILES string of the molecule is CCO[C@H]1OC(C(=O)NCc2nc3ccccc3[nH]2)=C[C@@H](c2ccc(Br)cc2)[C@H]1CCCO. The third kappa shape index (κ3) is 5.63. The number of nitrogens with zero attached hydrogens (tertiary/aromatic N) is 1. The smallest absolute Gasteiger partial charge is 0.286 e. The normalized spacial score (nSPS) is 20.3. The molecule has 3 atom stereocenters. The molecular weight excluding hydrogens is 486 g/mol. The first-order chi connectivity index (χ1) is 16.1. The molecule has 4 rings (SSSR count). The maximum atomic E-state index is 13.0. The second-order valence-corrected chi connectivity index (χ2v) is 8.88. The fourth-order valence-corrected chi connectivity index (χ4v) is 4.43. The van der Waals surface area contributed by atoms with E-state index in [0.717, 1.165) is 21.1 Å². The molecule has 0 fully saturated rings. The number of aliphatic hydroxyl groups is 1. The first kappa shape index (κ1) is 23.5. The zero-order chi connectivity index (χ0) is 23.2. The first-order valence-corrected chi connectivity index (χ1v) is 12.0. The quantitative estimate of drug-likeness (QED) is 0.394. The summed E-state index contributed by atoms with van der Waals surface area (Å²) < 4.78 is 12.9. The van der Waals surface area contributed by atoms with Crippen molar-refractivity contribution in [3.05, 3.63) is 76.2 Å². The lowest BCUT2D eigenvalue weighted by Gasteiger charge is -2.37. The van der Waals surface area contributed by atoms with Crippen molar-refractivity contribution < 1.29 is 19.4 Å². The summed E-state index contributed by atoms with van der Waals surface area (Å²) in [6, 6.07) is 15.8. The zero-order valence-corrected chi connectivity index (χ0v) is 20.0. The van der Waals surface area contributed by atoms with Gasteiger partial charge in [-0.05, 0) is 55.7 Å². The third-order valence-corrected chi connectivity index (χ3v) is 6.27. The van der Waals surface area contributed by atoms with Gasteiger partial charge >= 0.3 is 0 Å². The van der Waals surface area contributed by atoms with Crippen molar-refractivity contribution in [2.75, 3.05) is 13.2 Å². The lowest BCUT2D eigenvalue weighted by atomic mass is 9.80. The van der Waals surface area contributed by atoms with E-state index >= 15 is 0 Å². The van der Waals surface area contributed by atoms with E-state index in [-0.39, 0.29) is 36.7 Å². The molecule has 174 valence electrons. The highest BCUT2D eigenvalue weighted by atomic mass is 79.9. The summed E-state index contributed by atoms with van der Waals surface area (Å²) in [5.74, 6) is 0.486. The standard InChI is InChI=1S/C25H28BrN3O4/c1-2-32-25-18(6-5-13-30)19(16-9-11-17(26)12-10-16)14-22(33-25)24(31)27-15-23-28-20-7-3-4-8-21(20)29-23/h3-4,7-12,14,18-19,25,30H,2,5-6,13,15H2,1H3,(H,27,31)(H,28,29)/t18-,19+,25+/m1/s1. The number of para-hydroxylation sites is 2. The van der Waals surface area contributed by atoms with Crippen LogP contribution in [-0.4, -0.2) is 40.5 Å². The van der Waals surface area contributed by atoms with E-state index in [4.69, 9.17) is 9.47 Å². The number of fused-ring (bicyclic) bond motifs is 1. The first-order valence-electron chi connectivity index (χ1n) is 11.2. The summed E-state index contributed by atoms with van der Waals surface area (Å²) in [7, 11) is 0. The predicted octanol–water partition coefficient (Wildman–Crippen LogP) is 4.39. The van der Waals surface area contributed by atoms with Crippen molar-refractivity contribution in [1.82, 2.24) is 15.3 Å². The van der Waals surface area contributed by atoms with Crippen LogP contribution >= 0.6 is 15.9 Å². The largest absolute Gasteiger partial charge is 0.459 e. The maximum absolute atomic E-state index is 13.0.